The summed E-state index contributed by atoms with van der Waals surface area (Å²) in [6.45, 7) is 3.50. The van der Waals surface area contributed by atoms with Crippen molar-refractivity contribution >= 4 is 11.8 Å². The average Bonchev–Trinajstić information content (AvgIpc) is 2.67. The van der Waals surface area contributed by atoms with Crippen LogP contribution in [0.1, 0.15) is 35.7 Å². The minimum absolute atomic E-state index is 0.0234. The zero-order valence-corrected chi connectivity index (χ0v) is 14.9. The van der Waals surface area contributed by atoms with E-state index in [2.05, 4.69) is 5.32 Å². The second-order valence-corrected chi connectivity index (χ2v) is 7.03. The first-order valence-corrected chi connectivity index (χ1v) is 8.85. The minimum atomic E-state index is -0.478. The van der Waals surface area contributed by atoms with Crippen molar-refractivity contribution in [1.82, 2.24) is 10.2 Å². The molecule has 0 aliphatic carbocycles. The largest absolute Gasteiger partial charge is 0.352 e. The Balaban J connectivity index is 1.55. The van der Waals surface area contributed by atoms with Crippen LogP contribution in [-0.4, -0.2) is 29.8 Å². The molecule has 4 nitrogen and oxygen atoms in total. The summed E-state index contributed by atoms with van der Waals surface area (Å²) >= 11 is 0. The van der Waals surface area contributed by atoms with Crippen LogP contribution in [-0.2, 0) is 11.3 Å². The van der Waals surface area contributed by atoms with E-state index in [0.29, 0.717) is 38.0 Å². The summed E-state index contributed by atoms with van der Waals surface area (Å²) in [6.07, 6.45) is 1.22. The second kappa shape index (κ2) is 7.68. The average molecular weight is 354 g/mol. The maximum absolute atomic E-state index is 13.0. The zero-order chi connectivity index (χ0) is 18.6. The molecule has 1 saturated heterocycles. The summed E-state index contributed by atoms with van der Waals surface area (Å²) in [6, 6.07) is 15.4. The number of halogens is 1. The molecule has 0 saturated carbocycles. The molecule has 0 unspecified atom stereocenters. The number of nitrogens with zero attached hydrogens (tertiary/aromatic N) is 1. The fourth-order valence-electron chi connectivity index (χ4n) is 3.20. The molecular formula is C21H23FN2O2. The molecule has 2 aromatic carbocycles. The molecular weight excluding hydrogens is 331 g/mol. The van der Waals surface area contributed by atoms with Gasteiger partial charge in [0.25, 0.3) is 5.91 Å². The van der Waals surface area contributed by atoms with Crippen molar-refractivity contribution in [1.29, 1.82) is 0 Å². The van der Waals surface area contributed by atoms with Gasteiger partial charge in [0, 0.05) is 30.6 Å². The lowest BCUT2D eigenvalue weighted by atomic mass is 9.79. The van der Waals surface area contributed by atoms with Gasteiger partial charge in [-0.05, 0) is 42.7 Å². The Hall–Kier alpha value is -2.69. The monoisotopic (exact) mass is 354 g/mol. The van der Waals surface area contributed by atoms with Gasteiger partial charge in [0.1, 0.15) is 5.82 Å². The van der Waals surface area contributed by atoms with Crippen LogP contribution >= 0.6 is 0 Å². The molecule has 1 N–H and O–H groups in total. The number of benzene rings is 2. The SMILES string of the molecule is CC1(C(=O)NCc2ccccc2)CCN(C(=O)c2ccc(F)cc2)CC1. The normalized spacial score (nSPS) is 16.2. The Bertz CT molecular complexity index is 766. The maximum Gasteiger partial charge on any atom is 0.253 e. The third-order valence-corrected chi connectivity index (χ3v) is 5.09. The van der Waals surface area contributed by atoms with Crippen molar-refractivity contribution in [3.63, 3.8) is 0 Å². The van der Waals surface area contributed by atoms with Crippen LogP contribution in [0.5, 0.6) is 0 Å². The predicted molar refractivity (Wildman–Crippen MR) is 97.9 cm³/mol. The number of hydrogen-bond acceptors (Lipinski definition) is 2. The van der Waals surface area contributed by atoms with Gasteiger partial charge in [-0.1, -0.05) is 37.3 Å². The lowest BCUT2D eigenvalue weighted by Crippen LogP contribution is -2.48. The van der Waals surface area contributed by atoms with Crippen LogP contribution in [0.2, 0.25) is 0 Å². The lowest BCUT2D eigenvalue weighted by Gasteiger charge is -2.38. The Morgan fingerprint density at radius 2 is 1.65 bits per heavy atom. The van der Waals surface area contributed by atoms with Crippen LogP contribution in [0.4, 0.5) is 4.39 Å². The number of nitrogens with one attached hydrogen (secondary N) is 1. The molecule has 1 heterocycles. The van der Waals surface area contributed by atoms with E-state index in [0.717, 1.165) is 5.56 Å². The van der Waals surface area contributed by atoms with Gasteiger partial charge in [-0.2, -0.15) is 0 Å². The lowest BCUT2D eigenvalue weighted by molar-refractivity contribution is -0.132. The number of piperidine rings is 1. The number of hydrogen-bond donors (Lipinski definition) is 1. The number of carbonyl (C=O) groups is 2. The van der Waals surface area contributed by atoms with Crippen LogP contribution in [0.15, 0.2) is 54.6 Å². The quantitative estimate of drug-likeness (QED) is 0.915. The molecule has 2 aromatic rings. The van der Waals surface area contributed by atoms with Crippen molar-refractivity contribution in [2.24, 2.45) is 5.41 Å². The Morgan fingerprint density at radius 3 is 2.27 bits per heavy atom. The molecule has 136 valence electrons. The molecule has 1 aliphatic heterocycles. The van der Waals surface area contributed by atoms with E-state index in [4.69, 9.17) is 0 Å². The Kier molecular flexibility index (Phi) is 5.35. The third kappa shape index (κ3) is 4.10. The third-order valence-electron chi connectivity index (χ3n) is 5.09. The van der Waals surface area contributed by atoms with Crippen molar-refractivity contribution < 1.29 is 14.0 Å². The summed E-state index contributed by atoms with van der Waals surface area (Å²) in [4.78, 5) is 26.9. The molecule has 0 spiro atoms. The number of amides is 2. The maximum atomic E-state index is 13.0. The molecule has 0 radical (unpaired) electrons. The standard InChI is InChI=1S/C21H23FN2O2/c1-21(20(26)23-15-16-5-3-2-4-6-16)11-13-24(14-12-21)19(25)17-7-9-18(22)10-8-17/h2-10H,11-15H2,1H3,(H,23,26). The van der Waals surface area contributed by atoms with Gasteiger partial charge in [0.15, 0.2) is 0 Å². The van der Waals surface area contributed by atoms with Crippen molar-refractivity contribution in [2.45, 2.75) is 26.3 Å². The summed E-state index contributed by atoms with van der Waals surface area (Å²) in [5, 5.41) is 3.01. The van der Waals surface area contributed by atoms with E-state index < -0.39 is 5.41 Å². The molecule has 0 bridgehead atoms. The first kappa shape index (κ1) is 18.1. The van der Waals surface area contributed by atoms with E-state index in [1.54, 1.807) is 4.90 Å². The highest BCUT2D eigenvalue weighted by Crippen LogP contribution is 2.31. The molecule has 1 aliphatic rings. The van der Waals surface area contributed by atoms with Gasteiger partial charge in [-0.15, -0.1) is 0 Å². The van der Waals surface area contributed by atoms with E-state index in [9.17, 15) is 14.0 Å². The first-order valence-electron chi connectivity index (χ1n) is 8.85. The van der Waals surface area contributed by atoms with E-state index >= 15 is 0 Å². The van der Waals surface area contributed by atoms with Gasteiger partial charge in [0.2, 0.25) is 5.91 Å². The van der Waals surface area contributed by atoms with Gasteiger partial charge < -0.3 is 10.2 Å². The van der Waals surface area contributed by atoms with Gasteiger partial charge in [0.05, 0.1) is 0 Å². The number of likely N-dealkylation sites (tertiary alicyclic amines) is 1. The Labute approximate surface area is 153 Å². The van der Waals surface area contributed by atoms with Gasteiger partial charge >= 0.3 is 0 Å². The molecule has 2 amide bonds. The molecule has 3 rings (SSSR count). The summed E-state index contributed by atoms with van der Waals surface area (Å²) in [5.74, 6) is -0.449. The van der Waals surface area contributed by atoms with Crippen molar-refractivity contribution in [2.75, 3.05) is 13.1 Å². The summed E-state index contributed by atoms with van der Waals surface area (Å²) < 4.78 is 13.0. The van der Waals surface area contributed by atoms with Crippen LogP contribution in [0.25, 0.3) is 0 Å². The van der Waals surface area contributed by atoms with E-state index in [-0.39, 0.29) is 17.6 Å². The fourth-order valence-corrected chi connectivity index (χ4v) is 3.20. The highest BCUT2D eigenvalue weighted by Gasteiger charge is 2.38. The first-order chi connectivity index (χ1) is 12.5. The van der Waals surface area contributed by atoms with E-state index in [1.165, 1.54) is 24.3 Å². The van der Waals surface area contributed by atoms with Crippen LogP contribution < -0.4 is 5.32 Å². The van der Waals surface area contributed by atoms with E-state index in [1.807, 2.05) is 37.3 Å². The second-order valence-electron chi connectivity index (χ2n) is 7.03. The van der Waals surface area contributed by atoms with Crippen molar-refractivity contribution in [3.8, 4) is 0 Å². The molecule has 5 heteroatoms. The zero-order valence-electron chi connectivity index (χ0n) is 14.9. The minimum Gasteiger partial charge on any atom is -0.352 e. The van der Waals surface area contributed by atoms with Crippen LogP contribution in [0, 0.1) is 11.2 Å². The topological polar surface area (TPSA) is 49.4 Å². The van der Waals surface area contributed by atoms with Gasteiger partial charge in [-0.3, -0.25) is 9.59 Å². The number of carbonyl (C=O) groups excluding carboxylic acids is 2. The van der Waals surface area contributed by atoms with Crippen molar-refractivity contribution in [3.05, 3.63) is 71.5 Å². The predicted octanol–water partition coefficient (Wildman–Crippen LogP) is 3.38. The number of rotatable bonds is 4. The Morgan fingerprint density at radius 1 is 1.04 bits per heavy atom. The molecule has 1 fully saturated rings. The summed E-state index contributed by atoms with van der Waals surface area (Å²) in [5.41, 5.74) is 1.06. The smallest absolute Gasteiger partial charge is 0.253 e. The summed E-state index contributed by atoms with van der Waals surface area (Å²) in [7, 11) is 0. The molecule has 0 atom stereocenters. The highest BCUT2D eigenvalue weighted by molar-refractivity contribution is 5.94. The van der Waals surface area contributed by atoms with Crippen LogP contribution in [0.3, 0.4) is 0 Å². The fraction of sp³-hybridized carbons (Fsp3) is 0.333. The highest BCUT2D eigenvalue weighted by atomic mass is 19.1. The van der Waals surface area contributed by atoms with Gasteiger partial charge in [-0.25, -0.2) is 4.39 Å². The molecule has 0 aromatic heterocycles. The molecule has 26 heavy (non-hydrogen) atoms.